The van der Waals surface area contributed by atoms with E-state index in [1.807, 2.05) is 24.3 Å². The van der Waals surface area contributed by atoms with Gasteiger partial charge in [-0.15, -0.1) is 11.8 Å². The molecule has 0 aromatic heterocycles. The summed E-state index contributed by atoms with van der Waals surface area (Å²) in [5.74, 6) is 1.63. The molecule has 0 aliphatic heterocycles. The Balaban J connectivity index is 1.68. The number of sulfonamides is 1. The van der Waals surface area contributed by atoms with Gasteiger partial charge in [0.25, 0.3) is 0 Å². The zero-order valence-electron chi connectivity index (χ0n) is 15.0. The van der Waals surface area contributed by atoms with Crippen molar-refractivity contribution in [3.63, 3.8) is 0 Å². The van der Waals surface area contributed by atoms with Gasteiger partial charge < -0.3 is 10.6 Å². The number of benzene rings is 2. The molecule has 0 saturated heterocycles. The molecule has 2 aromatic rings. The second kappa shape index (κ2) is 10.6. The average molecular weight is 427 g/mol. The average Bonchev–Trinajstić information content (AvgIpc) is 2.65. The molecule has 0 saturated carbocycles. The third-order valence-corrected chi connectivity index (χ3v) is 5.85. The standard InChI is InChI=1S/C18H23ClN4O2S2/c1-21-18(23-12-13-26-16-6-4-15(19)5-7-16)22-11-10-14-2-8-17(9-3-14)27(20,24)25/h2-9H,10-13H2,1H3,(H2,20,24,25)(H2,21,22,23). The first-order valence-electron chi connectivity index (χ1n) is 8.33. The maximum atomic E-state index is 11.3. The third kappa shape index (κ3) is 7.80. The molecule has 4 N–H and O–H groups in total. The van der Waals surface area contributed by atoms with Crippen LogP contribution in [0.1, 0.15) is 5.56 Å². The van der Waals surface area contributed by atoms with Crippen LogP contribution >= 0.6 is 23.4 Å². The molecular weight excluding hydrogens is 404 g/mol. The number of nitrogens with one attached hydrogen (secondary N) is 2. The molecule has 0 radical (unpaired) electrons. The van der Waals surface area contributed by atoms with Crippen LogP contribution in [0.5, 0.6) is 0 Å². The van der Waals surface area contributed by atoms with Crippen molar-refractivity contribution in [2.45, 2.75) is 16.2 Å². The number of guanidine groups is 1. The summed E-state index contributed by atoms with van der Waals surface area (Å²) in [7, 11) is -1.92. The van der Waals surface area contributed by atoms with Crippen LogP contribution in [-0.2, 0) is 16.4 Å². The molecule has 0 amide bonds. The van der Waals surface area contributed by atoms with E-state index in [0.29, 0.717) is 6.54 Å². The summed E-state index contributed by atoms with van der Waals surface area (Å²) in [6, 6.07) is 14.3. The largest absolute Gasteiger partial charge is 0.356 e. The molecule has 0 heterocycles. The quantitative estimate of drug-likeness (QED) is 0.261. The molecule has 0 unspecified atom stereocenters. The van der Waals surface area contributed by atoms with E-state index < -0.39 is 10.0 Å². The number of aliphatic imine (C=N–C) groups is 1. The SMILES string of the molecule is CN=C(NCCSc1ccc(Cl)cc1)NCCc1ccc(S(N)(=O)=O)cc1. The molecule has 0 atom stereocenters. The fraction of sp³-hybridized carbons (Fsp3) is 0.278. The number of hydrogen-bond acceptors (Lipinski definition) is 4. The first kappa shape index (κ1) is 21.6. The lowest BCUT2D eigenvalue weighted by Gasteiger charge is -2.12. The molecule has 0 bridgehead atoms. The summed E-state index contributed by atoms with van der Waals surface area (Å²) >= 11 is 7.62. The Morgan fingerprint density at radius 2 is 1.70 bits per heavy atom. The Kier molecular flexibility index (Phi) is 8.43. The van der Waals surface area contributed by atoms with Gasteiger partial charge in [-0.1, -0.05) is 23.7 Å². The van der Waals surface area contributed by atoms with Crippen LogP contribution in [0.15, 0.2) is 63.3 Å². The van der Waals surface area contributed by atoms with Gasteiger partial charge in [-0.05, 0) is 48.4 Å². The van der Waals surface area contributed by atoms with Crippen LogP contribution in [0.3, 0.4) is 0 Å². The predicted octanol–water partition coefficient (Wildman–Crippen LogP) is 2.49. The van der Waals surface area contributed by atoms with Crippen LogP contribution < -0.4 is 15.8 Å². The van der Waals surface area contributed by atoms with Crippen LogP contribution in [0, 0.1) is 0 Å². The van der Waals surface area contributed by atoms with Crippen molar-refractivity contribution < 1.29 is 8.42 Å². The van der Waals surface area contributed by atoms with E-state index in [1.165, 1.54) is 17.0 Å². The highest BCUT2D eigenvalue weighted by molar-refractivity contribution is 7.99. The molecule has 0 aliphatic rings. The van der Waals surface area contributed by atoms with Crippen LogP contribution in [-0.4, -0.2) is 40.3 Å². The molecule has 9 heteroatoms. The Morgan fingerprint density at radius 1 is 1.07 bits per heavy atom. The fourth-order valence-electron chi connectivity index (χ4n) is 2.26. The highest BCUT2D eigenvalue weighted by Gasteiger charge is 2.06. The van der Waals surface area contributed by atoms with E-state index in [0.717, 1.165) is 35.3 Å². The zero-order valence-corrected chi connectivity index (χ0v) is 17.4. The number of nitrogens with zero attached hydrogens (tertiary/aromatic N) is 1. The van der Waals surface area contributed by atoms with E-state index in [2.05, 4.69) is 15.6 Å². The summed E-state index contributed by atoms with van der Waals surface area (Å²) in [5.41, 5.74) is 1.02. The lowest BCUT2D eigenvalue weighted by atomic mass is 10.1. The second-order valence-corrected chi connectivity index (χ2v) is 8.83. The van der Waals surface area contributed by atoms with E-state index in [9.17, 15) is 8.42 Å². The van der Waals surface area contributed by atoms with Gasteiger partial charge >= 0.3 is 0 Å². The van der Waals surface area contributed by atoms with Gasteiger partial charge in [0.2, 0.25) is 10.0 Å². The van der Waals surface area contributed by atoms with E-state index in [4.69, 9.17) is 16.7 Å². The van der Waals surface area contributed by atoms with Crippen molar-refractivity contribution in [3.05, 3.63) is 59.1 Å². The Labute approximate surface area is 169 Å². The summed E-state index contributed by atoms with van der Waals surface area (Å²) in [5, 5.41) is 12.3. The van der Waals surface area contributed by atoms with Gasteiger partial charge in [0.15, 0.2) is 5.96 Å². The monoisotopic (exact) mass is 426 g/mol. The molecule has 6 nitrogen and oxygen atoms in total. The first-order chi connectivity index (χ1) is 12.9. The number of thioether (sulfide) groups is 1. The molecule has 146 valence electrons. The van der Waals surface area contributed by atoms with Crippen molar-refractivity contribution in [2.24, 2.45) is 10.1 Å². The smallest absolute Gasteiger partial charge is 0.238 e. The first-order valence-corrected chi connectivity index (χ1v) is 11.2. The van der Waals surface area contributed by atoms with E-state index in [-0.39, 0.29) is 4.90 Å². The fourth-order valence-corrected chi connectivity index (χ4v) is 3.67. The van der Waals surface area contributed by atoms with Gasteiger partial charge in [0, 0.05) is 35.8 Å². The molecular formula is C18H23ClN4O2S2. The molecule has 2 rings (SSSR count). The Morgan fingerprint density at radius 3 is 2.30 bits per heavy atom. The second-order valence-electron chi connectivity index (χ2n) is 5.67. The van der Waals surface area contributed by atoms with Crippen LogP contribution in [0.25, 0.3) is 0 Å². The van der Waals surface area contributed by atoms with Gasteiger partial charge in [-0.25, -0.2) is 13.6 Å². The summed E-state index contributed by atoms with van der Waals surface area (Å²) < 4.78 is 22.5. The molecule has 2 aromatic carbocycles. The maximum absolute atomic E-state index is 11.3. The Bertz CT molecular complexity index is 854. The van der Waals surface area contributed by atoms with Crippen molar-refractivity contribution >= 4 is 39.3 Å². The molecule has 27 heavy (non-hydrogen) atoms. The highest BCUT2D eigenvalue weighted by atomic mass is 35.5. The van der Waals surface area contributed by atoms with E-state index in [1.54, 1.807) is 30.9 Å². The highest BCUT2D eigenvalue weighted by Crippen LogP contribution is 2.19. The normalized spacial score (nSPS) is 12.0. The van der Waals surface area contributed by atoms with Gasteiger partial charge in [-0.3, -0.25) is 4.99 Å². The number of halogens is 1. The van der Waals surface area contributed by atoms with E-state index >= 15 is 0 Å². The van der Waals surface area contributed by atoms with Crippen molar-refractivity contribution in [1.82, 2.24) is 10.6 Å². The topological polar surface area (TPSA) is 96.6 Å². The number of primary sulfonamides is 1. The van der Waals surface area contributed by atoms with Crippen LogP contribution in [0.2, 0.25) is 5.02 Å². The summed E-state index contributed by atoms with van der Waals surface area (Å²) in [4.78, 5) is 5.49. The predicted molar refractivity (Wildman–Crippen MR) is 113 cm³/mol. The van der Waals surface area contributed by atoms with Crippen LogP contribution in [0.4, 0.5) is 0 Å². The maximum Gasteiger partial charge on any atom is 0.238 e. The lowest BCUT2D eigenvalue weighted by Crippen LogP contribution is -2.39. The minimum atomic E-state index is -3.65. The zero-order chi connectivity index (χ0) is 19.7. The van der Waals surface area contributed by atoms with Crippen molar-refractivity contribution in [3.8, 4) is 0 Å². The third-order valence-electron chi connectivity index (χ3n) is 3.66. The number of rotatable bonds is 8. The van der Waals surface area contributed by atoms with Crippen molar-refractivity contribution in [1.29, 1.82) is 0 Å². The van der Waals surface area contributed by atoms with Gasteiger partial charge in [-0.2, -0.15) is 0 Å². The molecule has 0 aliphatic carbocycles. The van der Waals surface area contributed by atoms with Crippen molar-refractivity contribution in [2.75, 3.05) is 25.9 Å². The molecule has 0 spiro atoms. The van der Waals surface area contributed by atoms with Gasteiger partial charge in [0.1, 0.15) is 0 Å². The number of hydrogen-bond donors (Lipinski definition) is 3. The lowest BCUT2D eigenvalue weighted by molar-refractivity contribution is 0.598. The number of nitrogens with two attached hydrogens (primary N) is 1. The van der Waals surface area contributed by atoms with Gasteiger partial charge in [0.05, 0.1) is 4.90 Å². The minimum Gasteiger partial charge on any atom is -0.356 e. The summed E-state index contributed by atoms with van der Waals surface area (Å²) in [6.07, 6.45) is 0.741. The Hall–Kier alpha value is -1.74. The summed E-state index contributed by atoms with van der Waals surface area (Å²) in [6.45, 7) is 1.45. The molecule has 0 fully saturated rings. The minimum absolute atomic E-state index is 0.120.